The second kappa shape index (κ2) is 30.9. The van der Waals surface area contributed by atoms with E-state index in [0.717, 1.165) is 178 Å². The summed E-state index contributed by atoms with van der Waals surface area (Å²) in [6.45, 7) is 0. The lowest BCUT2D eigenvalue weighted by Crippen LogP contribution is -2.00. The van der Waals surface area contributed by atoms with E-state index in [2.05, 4.69) is 328 Å². The van der Waals surface area contributed by atoms with Gasteiger partial charge in [0.1, 0.15) is 0 Å². The van der Waals surface area contributed by atoms with Crippen molar-refractivity contribution in [1.29, 1.82) is 0 Å². The minimum Gasteiger partial charge on any atom is -0.248 e. The molecule has 116 heavy (non-hydrogen) atoms. The molecule has 0 spiro atoms. The molecule has 0 amide bonds. The average molecular weight is 1480 g/mol. The van der Waals surface area contributed by atoms with Crippen LogP contribution >= 0.6 is 0 Å². The van der Waals surface area contributed by atoms with E-state index in [1.54, 1.807) is 0 Å². The van der Waals surface area contributed by atoms with Crippen LogP contribution in [0, 0.1) is 0 Å². The molecule has 20 rings (SSSR count). The van der Waals surface area contributed by atoms with Crippen LogP contribution in [0.3, 0.4) is 0 Å². The van der Waals surface area contributed by atoms with Crippen molar-refractivity contribution in [2.75, 3.05) is 0 Å². The monoisotopic (exact) mass is 1480 g/mol. The largest absolute Gasteiger partial charge is 0.248 e. The molecule has 0 aliphatic carbocycles. The summed E-state index contributed by atoms with van der Waals surface area (Å²) in [5, 5.41) is 4.50. The molecule has 0 unspecified atom stereocenters. The third kappa shape index (κ3) is 14.1. The Morgan fingerprint density at radius 3 is 0.828 bits per heavy atom. The Hall–Kier alpha value is -15.6. The van der Waals surface area contributed by atoms with E-state index >= 15 is 0 Å². The van der Waals surface area contributed by atoms with Crippen molar-refractivity contribution >= 4 is 21.5 Å². The van der Waals surface area contributed by atoms with Crippen LogP contribution in [0.25, 0.3) is 213 Å². The van der Waals surface area contributed by atoms with E-state index in [-0.39, 0.29) is 0 Å². The molecule has 0 bridgehead atoms. The summed E-state index contributed by atoms with van der Waals surface area (Å²) in [4.78, 5) is 41.6. The lowest BCUT2D eigenvalue weighted by atomic mass is 9.86. The van der Waals surface area contributed by atoms with Gasteiger partial charge in [0.15, 0.2) is 34.9 Å². The molecule has 4 heterocycles. The second-order valence-electron chi connectivity index (χ2n) is 28.9. The maximum absolute atomic E-state index is 5.38. The van der Waals surface area contributed by atoms with Crippen LogP contribution < -0.4 is 0 Å². The summed E-state index contributed by atoms with van der Waals surface area (Å²) in [5.41, 5.74) is 28.5. The van der Waals surface area contributed by atoms with Gasteiger partial charge in [0.2, 0.25) is 0 Å². The first-order valence-electron chi connectivity index (χ1n) is 39.0. The van der Waals surface area contributed by atoms with Gasteiger partial charge in [-0.2, -0.15) is 0 Å². The number of fused-ring (bicyclic) bond motifs is 2. The molecule has 16 aromatic carbocycles. The Kier molecular flexibility index (Phi) is 18.5. The van der Waals surface area contributed by atoms with Crippen molar-refractivity contribution in [3.8, 4) is 191 Å². The SMILES string of the molecule is c1ccc(-c2cc(-c3ccccc3)nc(-c3ccc(-c4ccc5ccccc5c4-c4ccc(-c5nc(-c6ccccc6)nc(-c6cccc(-c7cccc8c(-c9ccc(-c%10nc(-c%11ccccc%11)nc(-c%11ccccc%11)n%10)cc9)c(-c9ccc(-c%10cc(-c%11ccccc%11)nc(-c%11ccccc%11)c%10)cc9)ccc78)c6)n5)cc4)cc3)c2)cc1. The highest BCUT2D eigenvalue weighted by Crippen LogP contribution is 2.45. The number of hydrogen-bond acceptors (Lipinski definition) is 8. The minimum atomic E-state index is 0.564. The van der Waals surface area contributed by atoms with Crippen LogP contribution in [-0.4, -0.2) is 39.9 Å². The predicted molar refractivity (Wildman–Crippen MR) is 476 cm³/mol. The summed E-state index contributed by atoms with van der Waals surface area (Å²) in [7, 11) is 0. The van der Waals surface area contributed by atoms with Gasteiger partial charge in [-0.1, -0.05) is 394 Å². The molecule has 0 aliphatic rings. The number of nitrogens with zero attached hydrogens (tertiary/aromatic N) is 8. The third-order valence-corrected chi connectivity index (χ3v) is 21.6. The molecular formula is C108H70N8. The molecule has 4 aromatic heterocycles. The van der Waals surface area contributed by atoms with Crippen molar-refractivity contribution < 1.29 is 0 Å². The molecule has 0 aliphatic heterocycles. The van der Waals surface area contributed by atoms with Crippen molar-refractivity contribution in [2.45, 2.75) is 0 Å². The maximum Gasteiger partial charge on any atom is 0.164 e. The molecule has 542 valence electrons. The summed E-state index contributed by atoms with van der Waals surface area (Å²) in [6.07, 6.45) is 0. The number of pyridine rings is 2. The number of hydrogen-bond donors (Lipinski definition) is 0. The molecule has 0 saturated heterocycles. The molecule has 20 aromatic rings. The number of benzene rings is 16. The first kappa shape index (κ1) is 69.5. The van der Waals surface area contributed by atoms with E-state index in [1.165, 1.54) is 0 Å². The van der Waals surface area contributed by atoms with Crippen LogP contribution in [0.4, 0.5) is 0 Å². The van der Waals surface area contributed by atoms with E-state index in [4.69, 9.17) is 39.9 Å². The summed E-state index contributed by atoms with van der Waals surface area (Å²) in [6, 6.07) is 149. The Balaban J connectivity index is 0.667. The number of rotatable bonds is 17. The molecule has 0 N–H and O–H groups in total. The summed E-state index contributed by atoms with van der Waals surface area (Å²) >= 11 is 0. The van der Waals surface area contributed by atoms with Gasteiger partial charge in [-0.05, 0) is 130 Å². The average Bonchev–Trinajstić information content (AvgIpc) is 0.755. The molecule has 0 fully saturated rings. The van der Waals surface area contributed by atoms with E-state index in [1.807, 2.05) is 97.1 Å². The fourth-order valence-corrected chi connectivity index (χ4v) is 15.8. The minimum absolute atomic E-state index is 0.564. The van der Waals surface area contributed by atoms with Crippen molar-refractivity contribution in [3.63, 3.8) is 0 Å². The van der Waals surface area contributed by atoms with Gasteiger partial charge in [0.05, 0.1) is 22.8 Å². The van der Waals surface area contributed by atoms with Crippen molar-refractivity contribution in [3.05, 3.63) is 425 Å². The Labute approximate surface area is 673 Å². The smallest absolute Gasteiger partial charge is 0.164 e. The van der Waals surface area contributed by atoms with Crippen LogP contribution in [0.1, 0.15) is 0 Å². The fourth-order valence-electron chi connectivity index (χ4n) is 15.8. The van der Waals surface area contributed by atoms with Gasteiger partial charge in [-0.3, -0.25) is 0 Å². The molecule has 8 heteroatoms. The summed E-state index contributed by atoms with van der Waals surface area (Å²) in [5.74, 6) is 3.52. The highest BCUT2D eigenvalue weighted by molar-refractivity contribution is 6.10. The van der Waals surface area contributed by atoms with Gasteiger partial charge in [0, 0.05) is 55.6 Å². The first-order chi connectivity index (χ1) is 57.4. The zero-order valence-corrected chi connectivity index (χ0v) is 63.0. The molecule has 0 saturated carbocycles. The fraction of sp³-hybridized carbons (Fsp3) is 0. The van der Waals surface area contributed by atoms with Crippen LogP contribution in [0.15, 0.2) is 425 Å². The van der Waals surface area contributed by atoms with Crippen LogP contribution in [0.2, 0.25) is 0 Å². The van der Waals surface area contributed by atoms with E-state index in [0.29, 0.717) is 34.9 Å². The van der Waals surface area contributed by atoms with Gasteiger partial charge in [-0.15, -0.1) is 0 Å². The number of aromatic nitrogens is 8. The highest BCUT2D eigenvalue weighted by Gasteiger charge is 2.22. The van der Waals surface area contributed by atoms with E-state index < -0.39 is 0 Å². The molecule has 0 atom stereocenters. The van der Waals surface area contributed by atoms with Crippen LogP contribution in [0.5, 0.6) is 0 Å². The normalized spacial score (nSPS) is 11.3. The maximum atomic E-state index is 5.38. The van der Waals surface area contributed by atoms with Crippen LogP contribution in [-0.2, 0) is 0 Å². The van der Waals surface area contributed by atoms with Gasteiger partial charge in [-0.25, -0.2) is 39.9 Å². The Morgan fingerprint density at radius 1 is 0.121 bits per heavy atom. The van der Waals surface area contributed by atoms with E-state index in [9.17, 15) is 0 Å². The second-order valence-corrected chi connectivity index (χ2v) is 28.9. The molecular weight excluding hydrogens is 1410 g/mol. The summed E-state index contributed by atoms with van der Waals surface area (Å²) < 4.78 is 0. The lowest BCUT2D eigenvalue weighted by Gasteiger charge is -2.18. The standard InChI is InChI=1S/C108H70N8/c1-8-26-71(27-9-1)89-67-97(76-29-10-2-11-30-76)110-100(68-89)79-52-50-75(51-53-79)93-63-62-73-28-22-23-43-92(73)101(93)80-54-58-86(59-55-80)107-114-105(84-39-20-7-21-40-84)115-108(116-107)88-42-24-41-87(66-88)91-44-25-45-96-95(91)65-64-94(74-48-46-72(47-49-74)90-69-98(77-31-12-3-13-32-77)109-99(70-90)78-33-14-4-15-34-78)102(96)81-56-60-85(61-57-81)106-112-103(82-35-16-5-17-36-82)111-104(113-106)83-37-18-6-19-38-83/h1-70H. The quantitative estimate of drug-likeness (QED) is 0.0888. The van der Waals surface area contributed by atoms with Gasteiger partial charge < -0.3 is 0 Å². The highest BCUT2D eigenvalue weighted by atomic mass is 15.0. The predicted octanol–water partition coefficient (Wildman–Crippen LogP) is 27.5. The zero-order chi connectivity index (χ0) is 77.1. The van der Waals surface area contributed by atoms with Gasteiger partial charge in [0.25, 0.3) is 0 Å². The zero-order valence-electron chi connectivity index (χ0n) is 63.0. The third-order valence-electron chi connectivity index (χ3n) is 21.6. The molecule has 8 nitrogen and oxygen atoms in total. The topological polar surface area (TPSA) is 103 Å². The van der Waals surface area contributed by atoms with Crippen molar-refractivity contribution in [2.24, 2.45) is 0 Å². The first-order valence-corrected chi connectivity index (χ1v) is 39.0. The molecule has 0 radical (unpaired) electrons. The van der Waals surface area contributed by atoms with Crippen molar-refractivity contribution in [1.82, 2.24) is 39.9 Å². The Morgan fingerprint density at radius 2 is 0.397 bits per heavy atom. The lowest BCUT2D eigenvalue weighted by molar-refractivity contribution is 1.07. The Bertz CT molecular complexity index is 6800. The van der Waals surface area contributed by atoms with Gasteiger partial charge >= 0.3 is 0 Å².